The summed E-state index contributed by atoms with van der Waals surface area (Å²) in [6.07, 6.45) is 17.6. The van der Waals surface area contributed by atoms with Crippen LogP contribution in [0.1, 0.15) is 87.0 Å². The summed E-state index contributed by atoms with van der Waals surface area (Å²) in [5, 5.41) is 0. The zero-order valence-electron chi connectivity index (χ0n) is 20.5. The highest BCUT2D eigenvalue weighted by molar-refractivity contribution is 5.45. The van der Waals surface area contributed by atoms with Crippen molar-refractivity contribution >= 4 is 0 Å². The Balaban J connectivity index is 1.39. The number of rotatable bonds is 5. The fraction of sp³-hybridized carbons (Fsp3) is 0.438. The van der Waals surface area contributed by atoms with Crippen LogP contribution in [0.5, 0.6) is 0 Å². The molecule has 4 atom stereocenters. The zero-order valence-corrected chi connectivity index (χ0v) is 20.5. The predicted octanol–water partition coefficient (Wildman–Crippen LogP) is 8.75. The first-order valence-electron chi connectivity index (χ1n) is 12.9. The van der Waals surface area contributed by atoms with E-state index >= 15 is 0 Å². The van der Waals surface area contributed by atoms with Gasteiger partial charge in [0.25, 0.3) is 0 Å². The molecule has 34 heavy (non-hydrogen) atoms. The van der Waals surface area contributed by atoms with E-state index in [9.17, 15) is 8.78 Å². The Hall–Kier alpha value is -2.66. The third kappa shape index (κ3) is 5.87. The molecule has 0 radical (unpaired) electrons. The molecule has 2 aromatic rings. The summed E-state index contributed by atoms with van der Waals surface area (Å²) < 4.78 is 28.9. The van der Waals surface area contributed by atoms with E-state index in [1.807, 2.05) is 31.2 Å². The Morgan fingerprint density at radius 2 is 1.59 bits per heavy atom. The van der Waals surface area contributed by atoms with Crippen molar-refractivity contribution in [2.24, 2.45) is 17.8 Å². The van der Waals surface area contributed by atoms with Gasteiger partial charge in [-0.05, 0) is 118 Å². The van der Waals surface area contributed by atoms with Gasteiger partial charge in [-0.2, -0.15) is 0 Å². The van der Waals surface area contributed by atoms with Gasteiger partial charge in [-0.25, -0.2) is 8.78 Å². The molecule has 0 spiro atoms. The molecular weight excluding hydrogens is 422 g/mol. The van der Waals surface area contributed by atoms with Crippen molar-refractivity contribution in [1.29, 1.82) is 0 Å². The molecular formula is C32H36F2. The summed E-state index contributed by atoms with van der Waals surface area (Å²) in [4.78, 5) is 0. The van der Waals surface area contributed by atoms with Gasteiger partial charge in [-0.3, -0.25) is 0 Å². The standard InChI is InChI=1S/C32H36F2/c1-3-5-6-8-26-17-18-27(32(34)31(26)33)15-11-23-9-13-25(14-10-23)29-20-19-28-21-24(7-4-2)12-16-30(28)22-29/h3-5,7,9-10,13-14,17-18,24,28-30H,6,8,12,16,19-22H2,1-2H3/b5-3+,7-4+. The molecule has 0 amide bonds. The first-order valence-corrected chi connectivity index (χ1v) is 12.9. The van der Waals surface area contributed by atoms with Crippen LogP contribution in [0.4, 0.5) is 8.78 Å². The van der Waals surface area contributed by atoms with Crippen LogP contribution in [0.3, 0.4) is 0 Å². The van der Waals surface area contributed by atoms with E-state index in [1.165, 1.54) is 44.1 Å². The SMILES string of the molecule is C/C=C/CCc1ccc(C#Cc2ccc(C3CCC4CC(/C=C/C)CCC4C3)cc2)c(F)c1F. The third-order valence-corrected chi connectivity index (χ3v) is 7.82. The van der Waals surface area contributed by atoms with Crippen molar-refractivity contribution in [2.75, 3.05) is 0 Å². The van der Waals surface area contributed by atoms with Gasteiger partial charge in [0.15, 0.2) is 11.6 Å². The maximum absolute atomic E-state index is 14.5. The number of allylic oxidation sites excluding steroid dienone is 4. The van der Waals surface area contributed by atoms with Crippen LogP contribution >= 0.6 is 0 Å². The molecule has 2 aromatic carbocycles. The molecule has 0 N–H and O–H groups in total. The summed E-state index contributed by atoms with van der Waals surface area (Å²) in [5.41, 5.74) is 2.74. The lowest BCUT2D eigenvalue weighted by Crippen LogP contribution is -2.30. The molecule has 4 rings (SSSR count). The van der Waals surface area contributed by atoms with E-state index in [-0.39, 0.29) is 5.56 Å². The van der Waals surface area contributed by atoms with Crippen molar-refractivity contribution in [3.63, 3.8) is 0 Å². The molecule has 0 bridgehead atoms. The van der Waals surface area contributed by atoms with Crippen molar-refractivity contribution < 1.29 is 8.78 Å². The van der Waals surface area contributed by atoms with Gasteiger partial charge < -0.3 is 0 Å². The fourth-order valence-electron chi connectivity index (χ4n) is 5.94. The third-order valence-electron chi connectivity index (χ3n) is 7.82. The molecule has 0 aliphatic heterocycles. The number of hydrogen-bond acceptors (Lipinski definition) is 0. The molecule has 0 saturated heterocycles. The Kier molecular flexibility index (Phi) is 8.39. The molecule has 2 fully saturated rings. The Bertz CT molecular complexity index is 1080. The molecule has 2 aliphatic carbocycles. The van der Waals surface area contributed by atoms with Gasteiger partial charge in [0, 0.05) is 5.56 Å². The largest absolute Gasteiger partial charge is 0.203 e. The predicted molar refractivity (Wildman–Crippen MR) is 138 cm³/mol. The van der Waals surface area contributed by atoms with Crippen LogP contribution in [0.2, 0.25) is 0 Å². The molecule has 0 aromatic heterocycles. The van der Waals surface area contributed by atoms with Crippen LogP contribution in [0.25, 0.3) is 0 Å². The van der Waals surface area contributed by atoms with Crippen LogP contribution in [0, 0.1) is 41.2 Å². The number of aryl methyl sites for hydroxylation is 1. The minimum Gasteiger partial charge on any atom is -0.203 e. The summed E-state index contributed by atoms with van der Waals surface area (Å²) in [6, 6.07) is 11.7. The fourth-order valence-corrected chi connectivity index (χ4v) is 5.94. The van der Waals surface area contributed by atoms with E-state index in [0.29, 0.717) is 24.3 Å². The second-order valence-electron chi connectivity index (χ2n) is 10.0. The van der Waals surface area contributed by atoms with Gasteiger partial charge >= 0.3 is 0 Å². The van der Waals surface area contributed by atoms with E-state index in [0.717, 1.165) is 23.3 Å². The van der Waals surface area contributed by atoms with Crippen molar-refractivity contribution in [3.05, 3.63) is 94.6 Å². The summed E-state index contributed by atoms with van der Waals surface area (Å²) >= 11 is 0. The molecule has 4 unspecified atom stereocenters. The maximum Gasteiger partial charge on any atom is 0.174 e. The lowest BCUT2D eigenvalue weighted by molar-refractivity contribution is 0.133. The van der Waals surface area contributed by atoms with Crippen molar-refractivity contribution in [1.82, 2.24) is 0 Å². The average molecular weight is 459 g/mol. The van der Waals surface area contributed by atoms with Crippen LogP contribution in [-0.2, 0) is 6.42 Å². The summed E-state index contributed by atoms with van der Waals surface area (Å²) in [6.45, 7) is 4.05. The average Bonchev–Trinajstić information content (AvgIpc) is 2.86. The van der Waals surface area contributed by atoms with Crippen LogP contribution < -0.4 is 0 Å². The Morgan fingerprint density at radius 1 is 0.824 bits per heavy atom. The molecule has 2 aliphatic rings. The van der Waals surface area contributed by atoms with E-state index in [2.05, 4.69) is 43.0 Å². The van der Waals surface area contributed by atoms with Gasteiger partial charge in [-0.15, -0.1) is 0 Å². The second-order valence-corrected chi connectivity index (χ2v) is 10.0. The maximum atomic E-state index is 14.5. The quantitative estimate of drug-likeness (QED) is 0.310. The first kappa shape index (κ1) is 24.5. The number of hydrogen-bond donors (Lipinski definition) is 0. The monoisotopic (exact) mass is 458 g/mol. The normalized spacial score (nSPS) is 24.7. The van der Waals surface area contributed by atoms with Gasteiger partial charge in [0.05, 0.1) is 5.56 Å². The smallest absolute Gasteiger partial charge is 0.174 e. The van der Waals surface area contributed by atoms with Crippen molar-refractivity contribution in [3.8, 4) is 11.8 Å². The topological polar surface area (TPSA) is 0 Å². The number of halogens is 2. The lowest BCUT2D eigenvalue weighted by Gasteiger charge is -2.41. The second kappa shape index (κ2) is 11.7. The molecule has 178 valence electrons. The lowest BCUT2D eigenvalue weighted by atomic mass is 9.64. The molecule has 2 saturated carbocycles. The molecule has 0 nitrogen and oxygen atoms in total. The van der Waals surface area contributed by atoms with E-state index in [1.54, 1.807) is 12.1 Å². The highest BCUT2D eigenvalue weighted by atomic mass is 19.2. The van der Waals surface area contributed by atoms with Crippen molar-refractivity contribution in [2.45, 2.75) is 71.1 Å². The number of benzene rings is 2. The van der Waals surface area contributed by atoms with E-state index < -0.39 is 11.6 Å². The minimum atomic E-state index is -0.844. The highest BCUT2D eigenvalue weighted by Crippen LogP contribution is 2.47. The zero-order chi connectivity index (χ0) is 23.9. The first-order chi connectivity index (χ1) is 16.6. The van der Waals surface area contributed by atoms with Gasteiger partial charge in [0.1, 0.15) is 0 Å². The Morgan fingerprint density at radius 3 is 2.35 bits per heavy atom. The van der Waals surface area contributed by atoms with E-state index in [4.69, 9.17) is 0 Å². The molecule has 0 heterocycles. The molecule has 2 heteroatoms. The van der Waals surface area contributed by atoms with Crippen LogP contribution in [0.15, 0.2) is 60.7 Å². The van der Waals surface area contributed by atoms with Gasteiger partial charge in [-0.1, -0.05) is 54.3 Å². The Labute approximate surface area is 204 Å². The summed E-state index contributed by atoms with van der Waals surface area (Å²) in [5.74, 6) is 7.39. The van der Waals surface area contributed by atoms with Crippen LogP contribution in [-0.4, -0.2) is 0 Å². The minimum absolute atomic E-state index is 0.114. The number of fused-ring (bicyclic) bond motifs is 1. The highest BCUT2D eigenvalue weighted by Gasteiger charge is 2.35. The summed E-state index contributed by atoms with van der Waals surface area (Å²) in [7, 11) is 0. The van der Waals surface area contributed by atoms with Gasteiger partial charge in [0.2, 0.25) is 0 Å².